The van der Waals surface area contributed by atoms with Crippen LogP contribution < -0.4 is 5.32 Å². The molecular weight excluding hydrogens is 787 g/mol. The van der Waals surface area contributed by atoms with Crippen LogP contribution in [0.25, 0.3) is 11.0 Å². The Hall–Kier alpha value is -3.08. The van der Waals surface area contributed by atoms with Crippen LogP contribution in [-0.4, -0.2) is 81.5 Å². The van der Waals surface area contributed by atoms with Gasteiger partial charge in [-0.25, -0.2) is 0 Å². The van der Waals surface area contributed by atoms with Crippen LogP contribution in [0, 0.1) is 52.3 Å². The quantitative estimate of drug-likeness (QED) is 0.150. The largest absolute Gasteiger partial charge is 0.392 e. The number of ether oxygens (including phenoxy) is 2. The van der Waals surface area contributed by atoms with Crippen molar-refractivity contribution in [3.63, 3.8) is 0 Å². The van der Waals surface area contributed by atoms with Gasteiger partial charge in [-0.2, -0.15) is 0 Å². The van der Waals surface area contributed by atoms with E-state index in [4.69, 9.17) is 9.47 Å². The summed E-state index contributed by atoms with van der Waals surface area (Å²) in [4.78, 5) is 33.0. The number of H-pyrrole nitrogens is 1. The van der Waals surface area contributed by atoms with Crippen LogP contribution in [0.15, 0.2) is 47.8 Å². The molecule has 1 aromatic carbocycles. The number of aryl methyl sites for hydroxylation is 1. The molecule has 2 saturated heterocycles. The fraction of sp³-hybridized carbons (Fsp3) is 0.704. The minimum atomic E-state index is -0.720. The molecule has 3 aromatic rings. The van der Waals surface area contributed by atoms with Gasteiger partial charge in [-0.3, -0.25) is 9.59 Å². The maximum absolute atomic E-state index is 14.9. The summed E-state index contributed by atoms with van der Waals surface area (Å²) in [6.07, 6.45) is 13.6. The average Bonchev–Trinajstić information content (AvgIpc) is 3.52. The molecule has 2 aliphatic heterocycles. The third-order valence-corrected chi connectivity index (χ3v) is 19.3. The molecule has 4 N–H and O–H groups in total. The molecule has 5 aliphatic carbocycles. The molecule has 4 heterocycles. The lowest BCUT2D eigenvalue weighted by Crippen LogP contribution is -2.69. The van der Waals surface area contributed by atoms with E-state index in [1.54, 1.807) is 0 Å². The number of Topliss-reactive ketones (excluding diaryl/α,β-unsaturated/α-hetero) is 2. The number of hydrogen-bond acceptors (Lipinski definition) is 7. The molecule has 2 aromatic heterocycles. The van der Waals surface area contributed by atoms with Gasteiger partial charge in [-0.15, -0.1) is 0 Å². The van der Waals surface area contributed by atoms with Gasteiger partial charge in [0.2, 0.25) is 0 Å². The van der Waals surface area contributed by atoms with Crippen LogP contribution in [0.1, 0.15) is 147 Å². The molecule has 63 heavy (non-hydrogen) atoms. The zero-order valence-corrected chi connectivity index (χ0v) is 39.4. The van der Waals surface area contributed by atoms with E-state index in [1.165, 1.54) is 22.3 Å². The summed E-state index contributed by atoms with van der Waals surface area (Å²) in [6.45, 7) is 17.8. The van der Waals surface area contributed by atoms with E-state index in [1.807, 2.05) is 27.1 Å². The van der Waals surface area contributed by atoms with Gasteiger partial charge in [-0.05, 0) is 154 Å². The molecule has 4 saturated carbocycles. The number of allylic oxidation sites excluding steroid dienone is 1. The number of aliphatic hydroxyl groups is 2. The van der Waals surface area contributed by atoms with E-state index in [2.05, 4.69) is 79.9 Å². The number of aromatic nitrogens is 2. The molecular formula is C54H75N3O6. The number of rotatable bonds is 10. The molecule has 342 valence electrons. The van der Waals surface area contributed by atoms with Crippen molar-refractivity contribution in [3.8, 4) is 0 Å². The summed E-state index contributed by atoms with van der Waals surface area (Å²) in [7, 11) is 2.05. The molecule has 9 heteroatoms. The van der Waals surface area contributed by atoms with Crippen LogP contribution in [0.3, 0.4) is 0 Å². The van der Waals surface area contributed by atoms with E-state index >= 15 is 0 Å². The monoisotopic (exact) mass is 862 g/mol. The van der Waals surface area contributed by atoms with Crippen molar-refractivity contribution in [2.24, 2.45) is 45.3 Å². The van der Waals surface area contributed by atoms with Crippen molar-refractivity contribution in [2.75, 3.05) is 20.3 Å². The molecule has 12 atom stereocenters. The second-order valence-electron chi connectivity index (χ2n) is 23.2. The first-order chi connectivity index (χ1) is 29.9. The first-order valence-corrected chi connectivity index (χ1v) is 24.8. The third-order valence-electron chi connectivity index (χ3n) is 19.3. The highest BCUT2D eigenvalue weighted by Gasteiger charge is 2.73. The van der Waals surface area contributed by atoms with Gasteiger partial charge in [-0.1, -0.05) is 57.9 Å². The molecule has 0 radical (unpaired) electrons. The number of ketones is 2. The van der Waals surface area contributed by atoms with Crippen LogP contribution in [0.4, 0.5) is 0 Å². The molecule has 1 spiro atoms. The van der Waals surface area contributed by atoms with Crippen molar-refractivity contribution in [1.82, 2.24) is 14.9 Å². The molecule has 9 nitrogen and oxygen atoms in total. The molecule has 0 bridgehead atoms. The lowest BCUT2D eigenvalue weighted by molar-refractivity contribution is -0.227. The summed E-state index contributed by atoms with van der Waals surface area (Å²) < 4.78 is 14.0. The Morgan fingerprint density at radius 3 is 2.51 bits per heavy atom. The summed E-state index contributed by atoms with van der Waals surface area (Å²) in [5, 5.41) is 28.7. The number of benzene rings is 1. The number of aliphatic hydroxyl groups excluding tert-OH is 2. The van der Waals surface area contributed by atoms with Crippen molar-refractivity contribution in [3.05, 3.63) is 70.1 Å². The summed E-state index contributed by atoms with van der Waals surface area (Å²) in [6, 6.07) is 9.58. The highest BCUT2D eigenvalue weighted by Crippen LogP contribution is 2.76. The van der Waals surface area contributed by atoms with Crippen LogP contribution in [-0.2, 0) is 32.0 Å². The minimum absolute atomic E-state index is 0.0937. The third kappa shape index (κ3) is 6.77. The SMILES string of the molecule is CN[C@@H]1CCC[C@@]2(C1)C(=O)CC[C@@]1(C)[C@H]3[C@H](O)[C@@H](Cn4cc(Cc5cc(C)cc(C6CCOCC6)c5)c5[nH]ccc54)C4=C([C@H](C)C[C@@H](O)[C@H]5OC5(C)C)C(=O)C[C@]4(C)[C@@]3(C)CC[C@@H]21. The van der Waals surface area contributed by atoms with Gasteiger partial charge in [0.1, 0.15) is 11.9 Å². The molecule has 10 rings (SSSR count). The average molecular weight is 862 g/mol. The summed E-state index contributed by atoms with van der Waals surface area (Å²) >= 11 is 0. The number of nitrogens with zero attached hydrogens (tertiary/aromatic N) is 1. The number of carbonyl (C=O) groups is 2. The predicted molar refractivity (Wildman–Crippen MR) is 246 cm³/mol. The number of carbonyl (C=O) groups excluding carboxylic acids is 2. The second kappa shape index (κ2) is 15.5. The van der Waals surface area contributed by atoms with Crippen molar-refractivity contribution in [2.45, 2.75) is 174 Å². The van der Waals surface area contributed by atoms with Crippen molar-refractivity contribution in [1.29, 1.82) is 0 Å². The fourth-order valence-electron chi connectivity index (χ4n) is 16.3. The Bertz CT molecular complexity index is 2320. The minimum Gasteiger partial charge on any atom is -0.392 e. The highest BCUT2D eigenvalue weighted by atomic mass is 16.6. The molecule has 0 unspecified atom stereocenters. The van der Waals surface area contributed by atoms with Crippen LogP contribution in [0.2, 0.25) is 0 Å². The lowest BCUT2D eigenvalue weighted by Gasteiger charge is -2.71. The first kappa shape index (κ1) is 43.8. The molecule has 6 fully saturated rings. The van der Waals surface area contributed by atoms with E-state index < -0.39 is 17.6 Å². The predicted octanol–water partition coefficient (Wildman–Crippen LogP) is 9.14. The number of aromatic amines is 1. The van der Waals surface area contributed by atoms with Gasteiger partial charge < -0.3 is 34.6 Å². The van der Waals surface area contributed by atoms with Crippen molar-refractivity contribution < 1.29 is 29.3 Å². The van der Waals surface area contributed by atoms with Gasteiger partial charge in [0, 0.05) is 74.2 Å². The number of hydrogen-bond donors (Lipinski definition) is 4. The van der Waals surface area contributed by atoms with Gasteiger partial charge in [0.25, 0.3) is 0 Å². The van der Waals surface area contributed by atoms with E-state index in [0.29, 0.717) is 43.6 Å². The van der Waals surface area contributed by atoms with Crippen LogP contribution in [0.5, 0.6) is 0 Å². The Kier molecular flexibility index (Phi) is 10.8. The summed E-state index contributed by atoms with van der Waals surface area (Å²) in [5.41, 5.74) is 7.56. The van der Waals surface area contributed by atoms with Crippen LogP contribution >= 0.6 is 0 Å². The Labute approximate surface area is 375 Å². The van der Waals surface area contributed by atoms with E-state index in [9.17, 15) is 19.8 Å². The number of epoxide rings is 1. The zero-order valence-electron chi connectivity index (χ0n) is 39.4. The van der Waals surface area contributed by atoms with Gasteiger partial charge in [0.05, 0.1) is 28.8 Å². The van der Waals surface area contributed by atoms with E-state index in [0.717, 1.165) is 99.6 Å². The van der Waals surface area contributed by atoms with Crippen molar-refractivity contribution >= 4 is 22.6 Å². The smallest absolute Gasteiger partial charge is 0.160 e. The second-order valence-corrected chi connectivity index (χ2v) is 23.2. The lowest BCUT2D eigenvalue weighted by atomic mass is 9.33. The van der Waals surface area contributed by atoms with Gasteiger partial charge >= 0.3 is 0 Å². The topological polar surface area (TPSA) is 129 Å². The fourth-order valence-corrected chi connectivity index (χ4v) is 16.3. The number of fused-ring (bicyclic) bond motifs is 7. The Morgan fingerprint density at radius 2 is 1.78 bits per heavy atom. The molecule has 0 amide bonds. The Morgan fingerprint density at radius 1 is 1.02 bits per heavy atom. The summed E-state index contributed by atoms with van der Waals surface area (Å²) in [5.74, 6) is 0.718. The highest BCUT2D eigenvalue weighted by molar-refractivity contribution is 6.01. The molecule has 7 aliphatic rings. The maximum atomic E-state index is 14.9. The first-order valence-electron chi connectivity index (χ1n) is 24.8. The number of nitrogens with one attached hydrogen (secondary N) is 2. The standard InChI is InChI=1S/C54H75N3O6/c1-31-22-33(25-35(23-31)34-14-20-62-21-15-34)26-36-29-57(39-13-19-56-46(36)39)30-38-45-44(32(2)24-40(58)49-50(3,4)63-49)41(59)28-53(45,7)52(6)18-11-42-51(5,48(52)47(38)61)17-12-43(60)54(42)16-9-10-37(27-54)55-8/h13,19,22-23,25,29,32,34,37-38,40,42,47-49,55-56,58,61H,9-12,14-18,20-21,24,26-28,30H2,1-8H3/t32-,37-,38+,40-,42-,47-,48-,49-,51-,52+,53+,54+/m1/s1. The Balaban J connectivity index is 1.07. The zero-order chi connectivity index (χ0) is 44.4. The van der Waals surface area contributed by atoms with Gasteiger partial charge in [0.15, 0.2) is 5.78 Å². The normalized spacial score (nSPS) is 38.8. The van der Waals surface area contributed by atoms with E-state index in [-0.39, 0.29) is 57.4 Å². The maximum Gasteiger partial charge on any atom is 0.160 e.